The van der Waals surface area contributed by atoms with Crippen molar-refractivity contribution in [3.63, 3.8) is 0 Å². The molecule has 3 heterocycles. The second-order valence-corrected chi connectivity index (χ2v) is 13.4. The van der Waals surface area contributed by atoms with Crippen molar-refractivity contribution in [3.05, 3.63) is 57.3 Å². The molecule has 1 aromatic heterocycles. The molecule has 2 aromatic rings. The molecule has 210 valence electrons. The smallest absolute Gasteiger partial charge is 0.163 e. The number of halogens is 3. The first kappa shape index (κ1) is 30.0. The number of nitrogens with zero attached hydrogens (tertiary/aromatic N) is 3. The number of nitrogens with one attached hydrogen (secondary N) is 1. The lowest BCUT2D eigenvalue weighted by atomic mass is 9.65. The van der Waals surface area contributed by atoms with Gasteiger partial charge >= 0.3 is 0 Å². The van der Waals surface area contributed by atoms with Crippen molar-refractivity contribution < 1.29 is 18.7 Å². The van der Waals surface area contributed by atoms with Gasteiger partial charge in [0.1, 0.15) is 17.0 Å². The molecular formula is C29H35BrClFN4O3. The molecule has 0 radical (unpaired) electrons. The zero-order valence-electron chi connectivity index (χ0n) is 22.9. The molecule has 0 bridgehead atoms. The van der Waals surface area contributed by atoms with E-state index in [0.29, 0.717) is 30.3 Å². The van der Waals surface area contributed by atoms with Crippen LogP contribution in [0.3, 0.4) is 0 Å². The van der Waals surface area contributed by atoms with Crippen molar-refractivity contribution in [1.82, 2.24) is 15.3 Å². The van der Waals surface area contributed by atoms with Crippen LogP contribution in [0.1, 0.15) is 77.6 Å². The minimum atomic E-state index is -1.42. The van der Waals surface area contributed by atoms with Gasteiger partial charge in [0.25, 0.3) is 0 Å². The topological polar surface area (TPSA) is 97.1 Å². The Labute approximate surface area is 243 Å². The van der Waals surface area contributed by atoms with Gasteiger partial charge in [0, 0.05) is 30.8 Å². The van der Waals surface area contributed by atoms with Crippen LogP contribution in [-0.4, -0.2) is 46.3 Å². The maximum Gasteiger partial charge on any atom is 0.163 e. The lowest BCUT2D eigenvalue weighted by molar-refractivity contribution is -0.139. The third kappa shape index (κ3) is 6.36. The van der Waals surface area contributed by atoms with E-state index >= 15 is 4.39 Å². The Balaban J connectivity index is 1.75. The average molecular weight is 622 g/mol. The van der Waals surface area contributed by atoms with Gasteiger partial charge in [-0.05, 0) is 66.1 Å². The summed E-state index contributed by atoms with van der Waals surface area (Å²) in [6.07, 6.45) is 5.05. The van der Waals surface area contributed by atoms with Crippen molar-refractivity contribution in [2.24, 2.45) is 5.41 Å². The lowest BCUT2D eigenvalue weighted by Crippen LogP contribution is -2.45. The standard InChI is InChI=1S/C29H35BrClFN4O3/c1-27(2,3)12-22-29(16-33,26-34-13-17(30)14-35-26)23(19-9-7-10-20(31)24(19)32)25(36-22)21(37)11-6-8-18-15-38-28(4,5)39-18/h7,9-10,13-14,18,22-23,25,36H,6,8,11-12,15H2,1-5H3/t18-,22-,23-,25-,29-/m0/s1. The highest BCUT2D eigenvalue weighted by Crippen LogP contribution is 2.51. The Kier molecular flexibility index (Phi) is 8.85. The number of hydrogen-bond donors (Lipinski definition) is 1. The molecule has 0 saturated carbocycles. The van der Waals surface area contributed by atoms with Crippen LogP contribution in [0.15, 0.2) is 35.1 Å². The predicted octanol–water partition coefficient (Wildman–Crippen LogP) is 6.24. The van der Waals surface area contributed by atoms with Crippen LogP contribution < -0.4 is 5.32 Å². The first-order valence-corrected chi connectivity index (χ1v) is 14.4. The number of benzene rings is 1. The number of ether oxygens (including phenoxy) is 2. The van der Waals surface area contributed by atoms with E-state index in [1.54, 1.807) is 24.5 Å². The summed E-state index contributed by atoms with van der Waals surface area (Å²) in [4.78, 5) is 22.9. The number of rotatable bonds is 8. The van der Waals surface area contributed by atoms with E-state index in [2.05, 4.69) is 58.1 Å². The van der Waals surface area contributed by atoms with Crippen molar-refractivity contribution in [3.8, 4) is 6.07 Å². The van der Waals surface area contributed by atoms with E-state index in [-0.39, 0.29) is 40.1 Å². The third-order valence-electron chi connectivity index (χ3n) is 7.43. The van der Waals surface area contributed by atoms with E-state index in [1.807, 2.05) is 13.8 Å². The maximum atomic E-state index is 15.7. The van der Waals surface area contributed by atoms with Gasteiger partial charge in [0.2, 0.25) is 0 Å². The average Bonchev–Trinajstić information content (AvgIpc) is 3.37. The zero-order chi connectivity index (χ0) is 28.6. The SMILES string of the molecule is CC(C)(C)C[C@@H]1N[C@@H](C(=O)CCC[C@H]2COC(C)(C)O2)[C@H](c2cccc(Cl)c2F)[C@@]1(C#N)c1ncc(Br)cn1. The molecule has 2 aliphatic heterocycles. The fraction of sp³-hybridized carbons (Fsp3) is 0.586. The van der Waals surface area contributed by atoms with Gasteiger partial charge in [-0.3, -0.25) is 4.79 Å². The second-order valence-electron chi connectivity index (χ2n) is 12.1. The molecule has 7 nitrogen and oxygen atoms in total. The van der Waals surface area contributed by atoms with E-state index in [4.69, 9.17) is 21.1 Å². The Morgan fingerprint density at radius 3 is 2.59 bits per heavy atom. The molecule has 5 atom stereocenters. The summed E-state index contributed by atoms with van der Waals surface area (Å²) in [6, 6.07) is 5.82. The largest absolute Gasteiger partial charge is 0.348 e. The molecule has 0 unspecified atom stereocenters. The summed E-state index contributed by atoms with van der Waals surface area (Å²) < 4.78 is 27.9. The Morgan fingerprint density at radius 1 is 1.31 bits per heavy atom. The zero-order valence-corrected chi connectivity index (χ0v) is 25.3. The molecule has 0 spiro atoms. The summed E-state index contributed by atoms with van der Waals surface area (Å²) in [7, 11) is 0. The molecular weight excluding hydrogens is 587 g/mol. The van der Waals surface area contributed by atoms with Crippen LogP contribution >= 0.6 is 27.5 Å². The minimum Gasteiger partial charge on any atom is -0.348 e. The molecule has 0 amide bonds. The van der Waals surface area contributed by atoms with E-state index in [1.165, 1.54) is 6.07 Å². The molecule has 0 aliphatic carbocycles. The molecule has 1 N–H and O–H groups in total. The molecule has 4 rings (SSSR count). The van der Waals surface area contributed by atoms with Crippen LogP contribution in [0.5, 0.6) is 0 Å². The number of Topliss-reactive ketones (excluding diaryl/α,β-unsaturated/α-hetero) is 1. The maximum absolute atomic E-state index is 15.7. The number of nitriles is 1. The van der Waals surface area contributed by atoms with Gasteiger partial charge in [-0.15, -0.1) is 0 Å². The minimum absolute atomic E-state index is 0.0671. The normalized spacial score (nSPS) is 28.4. The molecule has 2 saturated heterocycles. The lowest BCUT2D eigenvalue weighted by Gasteiger charge is -2.35. The number of hydrogen-bond acceptors (Lipinski definition) is 7. The first-order chi connectivity index (χ1) is 18.3. The van der Waals surface area contributed by atoms with E-state index in [0.717, 1.165) is 0 Å². The quantitative estimate of drug-likeness (QED) is 0.372. The molecule has 2 fully saturated rings. The number of ketones is 1. The van der Waals surface area contributed by atoms with Crippen LogP contribution in [0.4, 0.5) is 4.39 Å². The summed E-state index contributed by atoms with van der Waals surface area (Å²) >= 11 is 9.58. The van der Waals surface area contributed by atoms with Crippen molar-refractivity contribution in [1.29, 1.82) is 5.26 Å². The third-order valence-corrected chi connectivity index (χ3v) is 8.13. The van der Waals surface area contributed by atoms with E-state index < -0.39 is 35.0 Å². The Morgan fingerprint density at radius 2 is 2.00 bits per heavy atom. The van der Waals surface area contributed by atoms with Crippen molar-refractivity contribution in [2.75, 3.05) is 6.61 Å². The van der Waals surface area contributed by atoms with Gasteiger partial charge in [-0.25, -0.2) is 14.4 Å². The summed E-state index contributed by atoms with van der Waals surface area (Å²) in [6.45, 7) is 10.4. The van der Waals surface area contributed by atoms with Crippen LogP contribution in [-0.2, 0) is 19.7 Å². The highest BCUT2D eigenvalue weighted by molar-refractivity contribution is 9.10. The summed E-state index contributed by atoms with van der Waals surface area (Å²) in [5, 5.41) is 14.3. The van der Waals surface area contributed by atoms with Gasteiger partial charge in [0.05, 0.1) is 34.3 Å². The number of aromatic nitrogens is 2. The second kappa shape index (κ2) is 11.5. The van der Waals surface area contributed by atoms with Gasteiger partial charge < -0.3 is 14.8 Å². The summed E-state index contributed by atoms with van der Waals surface area (Å²) in [5.41, 5.74) is -1.43. The fourth-order valence-corrected chi connectivity index (χ4v) is 6.19. The van der Waals surface area contributed by atoms with Crippen LogP contribution in [0.25, 0.3) is 0 Å². The first-order valence-electron chi connectivity index (χ1n) is 13.2. The molecule has 10 heteroatoms. The monoisotopic (exact) mass is 620 g/mol. The Bertz CT molecular complexity index is 1250. The summed E-state index contributed by atoms with van der Waals surface area (Å²) in [5.74, 6) is -2.03. The predicted molar refractivity (Wildman–Crippen MR) is 150 cm³/mol. The Hall–Kier alpha value is -1.96. The fourth-order valence-electron chi connectivity index (χ4n) is 5.80. The molecule has 1 aromatic carbocycles. The van der Waals surface area contributed by atoms with Gasteiger partial charge in [-0.2, -0.15) is 5.26 Å². The van der Waals surface area contributed by atoms with Crippen LogP contribution in [0.2, 0.25) is 5.02 Å². The van der Waals surface area contributed by atoms with Crippen molar-refractivity contribution >= 4 is 33.3 Å². The number of carbonyl (C=O) groups is 1. The van der Waals surface area contributed by atoms with Crippen LogP contribution in [0, 0.1) is 22.6 Å². The van der Waals surface area contributed by atoms with Crippen molar-refractivity contribution in [2.45, 2.75) is 95.6 Å². The van der Waals surface area contributed by atoms with Gasteiger partial charge in [-0.1, -0.05) is 44.5 Å². The molecule has 39 heavy (non-hydrogen) atoms. The number of carbonyl (C=O) groups excluding carboxylic acids is 1. The van der Waals surface area contributed by atoms with Gasteiger partial charge in [0.15, 0.2) is 11.6 Å². The molecule has 2 aliphatic rings. The van der Waals surface area contributed by atoms with E-state index in [9.17, 15) is 10.1 Å². The highest BCUT2D eigenvalue weighted by atomic mass is 79.9. The highest BCUT2D eigenvalue weighted by Gasteiger charge is 2.61.